The molecule has 0 saturated carbocycles. The highest BCUT2D eigenvalue weighted by molar-refractivity contribution is 5.70. The summed E-state index contributed by atoms with van der Waals surface area (Å²) in [6, 6.07) is 0. The maximum absolute atomic E-state index is 12.0. The summed E-state index contributed by atoms with van der Waals surface area (Å²) >= 11 is 0. The number of ether oxygens (including phenoxy) is 1. The van der Waals surface area contributed by atoms with Crippen LogP contribution in [0.4, 0.5) is 0 Å². The average molecular weight is 456 g/mol. The molecule has 0 aromatic heterocycles. The molecule has 0 rings (SSSR count). The van der Waals surface area contributed by atoms with Gasteiger partial charge in [0.1, 0.15) is 6.54 Å². The van der Waals surface area contributed by atoms with Crippen LogP contribution in [-0.4, -0.2) is 50.2 Å². The molecule has 190 valence electrons. The molecule has 0 fully saturated rings. The number of carboxylic acid groups (broad SMARTS) is 1. The average Bonchev–Trinajstić information content (AvgIpc) is 2.67. The summed E-state index contributed by atoms with van der Waals surface area (Å²) < 4.78 is 5.94. The quantitative estimate of drug-likeness (QED) is 0.120. The second kappa shape index (κ2) is 19.4. The minimum Gasteiger partial charge on any atom is -0.550 e. The summed E-state index contributed by atoms with van der Waals surface area (Å²) in [5.41, 5.74) is 0. The summed E-state index contributed by atoms with van der Waals surface area (Å²) in [4.78, 5) is 22.9. The highest BCUT2D eigenvalue weighted by atomic mass is 16.5. The Bertz CT molecular complexity index is 473. The largest absolute Gasteiger partial charge is 0.550 e. The normalized spacial score (nSPS) is 13.7. The molecule has 0 saturated heterocycles. The molecule has 5 nitrogen and oxygen atoms in total. The van der Waals surface area contributed by atoms with Crippen LogP contribution in [0.5, 0.6) is 0 Å². The van der Waals surface area contributed by atoms with Crippen molar-refractivity contribution in [3.8, 4) is 0 Å². The van der Waals surface area contributed by atoms with E-state index >= 15 is 0 Å². The molecule has 0 aliphatic carbocycles. The molecule has 5 heteroatoms. The summed E-state index contributed by atoms with van der Waals surface area (Å²) in [6.07, 6.45) is 18.8. The lowest BCUT2D eigenvalue weighted by Gasteiger charge is -2.29. The highest BCUT2D eigenvalue weighted by Crippen LogP contribution is 2.18. The maximum atomic E-state index is 12.0. The van der Waals surface area contributed by atoms with E-state index in [-0.39, 0.29) is 12.4 Å². The summed E-state index contributed by atoms with van der Waals surface area (Å²) in [6.45, 7) is 5.15. The first-order chi connectivity index (χ1) is 15.1. The third-order valence-corrected chi connectivity index (χ3v) is 6.07. The van der Waals surface area contributed by atoms with Crippen molar-refractivity contribution >= 4 is 11.9 Å². The number of hydrogen-bond acceptors (Lipinski definition) is 4. The molecular weight excluding hydrogens is 402 g/mol. The lowest BCUT2D eigenvalue weighted by Crippen LogP contribution is -2.45. The van der Waals surface area contributed by atoms with E-state index in [9.17, 15) is 14.7 Å². The van der Waals surface area contributed by atoms with Gasteiger partial charge in [-0.1, -0.05) is 104 Å². The molecule has 0 N–H and O–H groups in total. The van der Waals surface area contributed by atoms with E-state index in [0.29, 0.717) is 17.4 Å². The first-order valence-electron chi connectivity index (χ1n) is 13.3. The molecule has 0 aliphatic rings. The minimum absolute atomic E-state index is 0.237. The van der Waals surface area contributed by atoms with Gasteiger partial charge in [0.25, 0.3) is 0 Å². The van der Waals surface area contributed by atoms with Crippen LogP contribution < -0.4 is 5.11 Å². The Morgan fingerprint density at radius 2 is 1.25 bits per heavy atom. The van der Waals surface area contributed by atoms with Crippen molar-refractivity contribution in [2.75, 3.05) is 27.7 Å². The predicted molar refractivity (Wildman–Crippen MR) is 131 cm³/mol. The summed E-state index contributed by atoms with van der Waals surface area (Å²) in [7, 11) is 5.85. The Morgan fingerprint density at radius 1 is 0.781 bits per heavy atom. The number of hydrogen-bond donors (Lipinski definition) is 0. The van der Waals surface area contributed by atoms with Crippen molar-refractivity contribution in [2.24, 2.45) is 5.92 Å². The zero-order valence-corrected chi connectivity index (χ0v) is 22.0. The van der Waals surface area contributed by atoms with Crippen LogP contribution in [0.3, 0.4) is 0 Å². The van der Waals surface area contributed by atoms with Gasteiger partial charge in [0.05, 0.1) is 21.1 Å². The fourth-order valence-electron chi connectivity index (χ4n) is 4.25. The van der Waals surface area contributed by atoms with E-state index in [4.69, 9.17) is 4.74 Å². The second-order valence-corrected chi connectivity index (χ2v) is 10.8. The Morgan fingerprint density at radius 3 is 1.72 bits per heavy atom. The van der Waals surface area contributed by atoms with Crippen LogP contribution in [0, 0.1) is 5.92 Å². The van der Waals surface area contributed by atoms with E-state index < -0.39 is 12.1 Å². The Labute approximate surface area is 198 Å². The van der Waals surface area contributed by atoms with Crippen LogP contribution in [0.1, 0.15) is 123 Å². The van der Waals surface area contributed by atoms with Gasteiger partial charge in [0, 0.05) is 18.8 Å². The van der Waals surface area contributed by atoms with E-state index in [1.54, 1.807) is 0 Å². The molecule has 0 aromatic carbocycles. The Hall–Kier alpha value is -1.10. The third kappa shape index (κ3) is 22.1. The summed E-state index contributed by atoms with van der Waals surface area (Å²) in [5.74, 6) is -0.570. The molecule has 0 heterocycles. The standard InChI is InChI=1S/C27H53NO4/c1-6-7-8-16-19-24(2)20-17-14-12-10-9-11-13-15-18-21-27(31)32-25(22-26(29)30)23-28(3,4)5/h24-25H,6-23H2,1-5H3. The maximum Gasteiger partial charge on any atom is 0.306 e. The molecule has 32 heavy (non-hydrogen) atoms. The fourth-order valence-corrected chi connectivity index (χ4v) is 4.25. The van der Waals surface area contributed by atoms with Gasteiger partial charge in [-0.15, -0.1) is 0 Å². The van der Waals surface area contributed by atoms with Crippen molar-refractivity contribution in [1.82, 2.24) is 0 Å². The number of esters is 1. The van der Waals surface area contributed by atoms with Gasteiger partial charge >= 0.3 is 5.97 Å². The van der Waals surface area contributed by atoms with Crippen molar-refractivity contribution in [2.45, 2.75) is 129 Å². The number of rotatable bonds is 22. The molecule has 2 atom stereocenters. The fraction of sp³-hybridized carbons (Fsp3) is 0.926. The second-order valence-electron chi connectivity index (χ2n) is 10.8. The predicted octanol–water partition coefficient (Wildman–Crippen LogP) is 5.64. The van der Waals surface area contributed by atoms with Gasteiger partial charge in [-0.2, -0.15) is 0 Å². The molecular formula is C27H53NO4. The first-order valence-corrected chi connectivity index (χ1v) is 13.3. The first kappa shape index (κ1) is 30.9. The lowest BCUT2D eigenvalue weighted by atomic mass is 9.96. The number of nitrogens with zero attached hydrogens (tertiary/aromatic N) is 1. The topological polar surface area (TPSA) is 66.4 Å². The molecule has 0 amide bonds. The molecule has 0 radical (unpaired) electrons. The van der Waals surface area contributed by atoms with Gasteiger partial charge in [-0.05, 0) is 12.3 Å². The van der Waals surface area contributed by atoms with E-state index in [0.717, 1.165) is 25.2 Å². The van der Waals surface area contributed by atoms with Crippen LogP contribution in [0.15, 0.2) is 0 Å². The smallest absolute Gasteiger partial charge is 0.306 e. The van der Waals surface area contributed by atoms with Crippen LogP contribution in [0.25, 0.3) is 0 Å². The SMILES string of the molecule is CCCCCCC(C)CCCCCCCCCCCC(=O)OC(CC(=O)[O-])C[N+](C)(C)C. The number of unbranched alkanes of at least 4 members (excludes halogenated alkanes) is 11. The van der Waals surface area contributed by atoms with E-state index in [2.05, 4.69) is 13.8 Å². The monoisotopic (exact) mass is 455 g/mol. The van der Waals surface area contributed by atoms with Crippen LogP contribution in [-0.2, 0) is 14.3 Å². The Kier molecular flexibility index (Phi) is 18.7. The molecule has 0 bridgehead atoms. The number of aliphatic carboxylic acids is 1. The van der Waals surface area contributed by atoms with Crippen LogP contribution >= 0.6 is 0 Å². The van der Waals surface area contributed by atoms with Gasteiger partial charge in [-0.25, -0.2) is 0 Å². The Balaban J connectivity index is 3.60. The van der Waals surface area contributed by atoms with Gasteiger partial charge in [0.15, 0.2) is 6.10 Å². The van der Waals surface area contributed by atoms with E-state index in [1.807, 2.05) is 21.1 Å². The zero-order valence-electron chi connectivity index (χ0n) is 22.0. The van der Waals surface area contributed by atoms with Crippen LogP contribution in [0.2, 0.25) is 0 Å². The lowest BCUT2D eigenvalue weighted by molar-refractivity contribution is -0.873. The number of carbonyl (C=O) groups is 2. The molecule has 0 spiro atoms. The summed E-state index contributed by atoms with van der Waals surface area (Å²) in [5, 5.41) is 10.9. The van der Waals surface area contributed by atoms with E-state index in [1.165, 1.54) is 77.0 Å². The van der Waals surface area contributed by atoms with Crippen molar-refractivity contribution in [3.05, 3.63) is 0 Å². The van der Waals surface area contributed by atoms with Crippen molar-refractivity contribution < 1.29 is 23.9 Å². The molecule has 0 aliphatic heterocycles. The number of carbonyl (C=O) groups excluding carboxylic acids is 2. The number of carboxylic acids is 1. The number of likely N-dealkylation sites (N-methyl/N-ethyl adjacent to an activating group) is 1. The molecule has 2 unspecified atom stereocenters. The van der Waals surface area contributed by atoms with Crippen molar-refractivity contribution in [3.63, 3.8) is 0 Å². The van der Waals surface area contributed by atoms with Crippen molar-refractivity contribution in [1.29, 1.82) is 0 Å². The van der Waals surface area contributed by atoms with Gasteiger partial charge in [-0.3, -0.25) is 4.79 Å². The highest BCUT2D eigenvalue weighted by Gasteiger charge is 2.22. The van der Waals surface area contributed by atoms with Gasteiger partial charge in [0.2, 0.25) is 0 Å². The third-order valence-electron chi connectivity index (χ3n) is 6.07. The molecule has 0 aromatic rings. The minimum atomic E-state index is -1.17. The zero-order chi connectivity index (χ0) is 24.2. The number of quaternary nitrogens is 1. The van der Waals surface area contributed by atoms with Gasteiger partial charge < -0.3 is 19.1 Å².